The summed E-state index contributed by atoms with van der Waals surface area (Å²) < 4.78 is 26.3. The molecule has 1 amide bonds. The molecular weight excluding hydrogens is 459 g/mol. The van der Waals surface area contributed by atoms with Crippen molar-refractivity contribution in [3.8, 4) is 11.5 Å². The predicted octanol–water partition coefficient (Wildman–Crippen LogP) is 6.02. The highest BCUT2D eigenvalue weighted by Gasteiger charge is 2.48. The summed E-state index contributed by atoms with van der Waals surface area (Å²) in [4.78, 5) is 15.1. The summed E-state index contributed by atoms with van der Waals surface area (Å²) in [6.45, 7) is 2.47. The average molecular weight is 493 g/mol. The van der Waals surface area contributed by atoms with E-state index in [0.717, 1.165) is 19.3 Å². The molecule has 6 nitrogen and oxygen atoms in total. The molecule has 0 unspecified atom stereocenters. The zero-order chi connectivity index (χ0) is 22.4. The van der Waals surface area contributed by atoms with E-state index < -0.39 is 13.4 Å². The zero-order valence-corrected chi connectivity index (χ0v) is 20.8. The first-order chi connectivity index (χ1) is 15.5. The molecule has 2 atom stereocenters. The van der Waals surface area contributed by atoms with Crippen LogP contribution in [0.5, 0.6) is 11.5 Å². The van der Waals surface area contributed by atoms with Crippen LogP contribution in [0.1, 0.15) is 51.9 Å². The van der Waals surface area contributed by atoms with Crippen LogP contribution in [-0.2, 0) is 9.36 Å². The van der Waals surface area contributed by atoms with Gasteiger partial charge in [0.1, 0.15) is 11.5 Å². The van der Waals surface area contributed by atoms with Gasteiger partial charge in [-0.15, -0.1) is 12.4 Å². The largest absolute Gasteiger partial charge is 0.453 e. The van der Waals surface area contributed by atoms with Gasteiger partial charge in [0.15, 0.2) is 5.78 Å². The highest BCUT2D eigenvalue weighted by Crippen LogP contribution is 2.57. The monoisotopic (exact) mass is 492 g/mol. The molecule has 0 radical (unpaired) electrons. The van der Waals surface area contributed by atoms with E-state index in [1.807, 2.05) is 43.3 Å². The molecule has 33 heavy (non-hydrogen) atoms. The molecule has 2 fully saturated rings. The first-order valence-electron chi connectivity index (χ1n) is 11.7. The summed E-state index contributed by atoms with van der Waals surface area (Å²) in [6, 6.07) is 18.1. The SMILES string of the molecule is C[C@H](NC1CCCCC1)C(=O)N1CCC[C@H]1P(=O)(Oc1ccccc1)Oc1ccccc1.Cl. The number of benzene rings is 2. The molecule has 0 bridgehead atoms. The Morgan fingerprint density at radius 3 is 2.00 bits per heavy atom. The molecular formula is C25H34ClN2O4P. The van der Waals surface area contributed by atoms with Crippen LogP contribution in [0.3, 0.4) is 0 Å². The number of para-hydroxylation sites is 2. The summed E-state index contributed by atoms with van der Waals surface area (Å²) in [5.41, 5.74) is 0. The number of halogens is 1. The fraction of sp³-hybridized carbons (Fsp3) is 0.480. The van der Waals surface area contributed by atoms with Gasteiger partial charge in [0.25, 0.3) is 0 Å². The molecule has 2 aromatic carbocycles. The van der Waals surface area contributed by atoms with Crippen LogP contribution >= 0.6 is 20.0 Å². The first kappa shape index (κ1) is 25.6. The molecule has 1 heterocycles. The Kier molecular flexibility index (Phi) is 9.25. The lowest BCUT2D eigenvalue weighted by molar-refractivity contribution is -0.133. The Balaban J connectivity index is 0.00000306. The number of rotatable bonds is 8. The fourth-order valence-electron chi connectivity index (χ4n) is 4.67. The number of likely N-dealkylation sites (tertiary alicyclic amines) is 1. The van der Waals surface area contributed by atoms with Crippen LogP contribution in [0.4, 0.5) is 0 Å². The molecule has 8 heteroatoms. The van der Waals surface area contributed by atoms with Crippen molar-refractivity contribution in [2.75, 3.05) is 6.54 Å². The Labute approximate surface area is 203 Å². The van der Waals surface area contributed by atoms with Gasteiger partial charge in [-0.2, -0.15) is 0 Å². The Hall–Kier alpha value is -2.01. The maximum atomic E-state index is 14.2. The Morgan fingerprint density at radius 2 is 1.45 bits per heavy atom. The van der Waals surface area contributed by atoms with Crippen molar-refractivity contribution in [1.82, 2.24) is 10.2 Å². The van der Waals surface area contributed by atoms with Crippen LogP contribution in [-0.4, -0.2) is 35.2 Å². The fourth-order valence-corrected chi connectivity index (χ4v) is 6.86. The first-order valence-corrected chi connectivity index (χ1v) is 13.3. The maximum absolute atomic E-state index is 14.2. The van der Waals surface area contributed by atoms with Gasteiger partial charge in [-0.05, 0) is 56.9 Å². The summed E-state index contributed by atoms with van der Waals surface area (Å²) in [5.74, 6) is 0.288. The van der Waals surface area contributed by atoms with E-state index in [9.17, 15) is 9.36 Å². The second-order valence-corrected chi connectivity index (χ2v) is 10.8. The molecule has 2 aliphatic rings. The molecule has 180 valence electrons. The van der Waals surface area contributed by atoms with Crippen molar-refractivity contribution in [2.45, 2.75) is 69.7 Å². The van der Waals surface area contributed by atoms with E-state index in [1.54, 1.807) is 29.2 Å². The van der Waals surface area contributed by atoms with Crippen LogP contribution in [0.2, 0.25) is 0 Å². The Bertz CT molecular complexity index is 879. The zero-order valence-electron chi connectivity index (χ0n) is 19.1. The van der Waals surface area contributed by atoms with Gasteiger partial charge < -0.3 is 19.3 Å². The number of amides is 1. The van der Waals surface area contributed by atoms with E-state index in [2.05, 4.69) is 5.32 Å². The lowest BCUT2D eigenvalue weighted by Crippen LogP contribution is -2.50. The summed E-state index contributed by atoms with van der Waals surface area (Å²) in [5, 5.41) is 3.50. The number of carbonyl (C=O) groups is 1. The molecule has 0 spiro atoms. The smallest absolute Gasteiger partial charge is 0.415 e. The third-order valence-electron chi connectivity index (χ3n) is 6.28. The lowest BCUT2D eigenvalue weighted by atomic mass is 9.95. The Morgan fingerprint density at radius 1 is 0.909 bits per heavy atom. The van der Waals surface area contributed by atoms with Gasteiger partial charge >= 0.3 is 7.60 Å². The van der Waals surface area contributed by atoms with Crippen molar-refractivity contribution < 1.29 is 18.4 Å². The van der Waals surface area contributed by atoms with Crippen molar-refractivity contribution in [2.24, 2.45) is 0 Å². The van der Waals surface area contributed by atoms with Crippen LogP contribution < -0.4 is 14.4 Å². The van der Waals surface area contributed by atoms with Crippen LogP contribution in [0, 0.1) is 0 Å². The van der Waals surface area contributed by atoms with Crippen LogP contribution in [0.25, 0.3) is 0 Å². The minimum atomic E-state index is -3.73. The number of hydrogen-bond donors (Lipinski definition) is 1. The minimum absolute atomic E-state index is 0. The number of nitrogens with one attached hydrogen (secondary N) is 1. The van der Waals surface area contributed by atoms with Crippen molar-refractivity contribution in [1.29, 1.82) is 0 Å². The molecule has 1 aliphatic carbocycles. The summed E-state index contributed by atoms with van der Waals surface area (Å²) in [7, 11) is -3.73. The van der Waals surface area contributed by atoms with Crippen LogP contribution in [0.15, 0.2) is 60.7 Å². The number of carbonyl (C=O) groups excluding carboxylic acids is 1. The second kappa shape index (κ2) is 11.9. The normalized spacial score (nSPS) is 20.0. The standard InChI is InChI=1S/C25H33N2O4P.ClH/c1-20(26-21-12-5-2-6-13-21)25(28)27-19-11-18-24(27)32(29,30-22-14-7-3-8-15-22)31-23-16-9-4-10-17-23;/h3-4,7-10,14-17,20-21,24,26H,2,5-6,11-13,18-19H2,1H3;1H/t20-,24+;/m0./s1. The third-order valence-corrected chi connectivity index (χ3v) is 8.48. The highest BCUT2D eigenvalue weighted by molar-refractivity contribution is 7.55. The van der Waals surface area contributed by atoms with E-state index >= 15 is 0 Å². The van der Waals surface area contributed by atoms with Crippen molar-refractivity contribution >= 4 is 25.9 Å². The van der Waals surface area contributed by atoms with Gasteiger partial charge in [0.2, 0.25) is 5.91 Å². The van der Waals surface area contributed by atoms with Gasteiger partial charge in [0, 0.05) is 12.6 Å². The van der Waals surface area contributed by atoms with E-state index in [4.69, 9.17) is 9.05 Å². The number of nitrogens with zero attached hydrogens (tertiary/aromatic N) is 1. The van der Waals surface area contributed by atoms with Gasteiger partial charge in [-0.1, -0.05) is 55.7 Å². The second-order valence-electron chi connectivity index (χ2n) is 8.73. The third kappa shape index (κ3) is 6.53. The molecule has 2 aromatic rings. The highest BCUT2D eigenvalue weighted by atomic mass is 35.5. The molecule has 4 rings (SSSR count). The quantitative estimate of drug-likeness (QED) is 0.456. The molecule has 0 aromatic heterocycles. The topological polar surface area (TPSA) is 67.9 Å². The van der Waals surface area contributed by atoms with Gasteiger partial charge in [-0.3, -0.25) is 4.79 Å². The van der Waals surface area contributed by atoms with Crippen molar-refractivity contribution in [3.05, 3.63) is 60.7 Å². The predicted molar refractivity (Wildman–Crippen MR) is 133 cm³/mol. The molecule has 1 saturated carbocycles. The van der Waals surface area contributed by atoms with E-state index in [0.29, 0.717) is 30.5 Å². The maximum Gasteiger partial charge on any atom is 0.453 e. The lowest BCUT2D eigenvalue weighted by Gasteiger charge is -2.34. The molecule has 1 N–H and O–H groups in total. The van der Waals surface area contributed by atoms with E-state index in [-0.39, 0.29) is 24.4 Å². The summed E-state index contributed by atoms with van der Waals surface area (Å²) >= 11 is 0. The van der Waals surface area contributed by atoms with E-state index in [1.165, 1.54) is 19.3 Å². The minimum Gasteiger partial charge on any atom is -0.415 e. The number of hydrogen-bond acceptors (Lipinski definition) is 5. The average Bonchev–Trinajstić information content (AvgIpc) is 3.31. The van der Waals surface area contributed by atoms with Crippen molar-refractivity contribution in [3.63, 3.8) is 0 Å². The summed E-state index contributed by atoms with van der Waals surface area (Å²) in [6.07, 6.45) is 7.24. The van der Waals surface area contributed by atoms with Gasteiger partial charge in [-0.25, -0.2) is 4.57 Å². The van der Waals surface area contributed by atoms with Gasteiger partial charge in [0.05, 0.1) is 6.04 Å². The molecule has 1 saturated heterocycles. The molecule has 1 aliphatic heterocycles.